The Bertz CT molecular complexity index is 287. The molecule has 0 unspecified atom stereocenters. The van der Waals surface area contributed by atoms with Crippen LogP contribution in [0.1, 0.15) is 5.69 Å². The Balaban J connectivity index is 2.67. The molecule has 0 saturated carbocycles. The molecule has 4 heteroatoms. The van der Waals surface area contributed by atoms with E-state index in [0.717, 1.165) is 5.69 Å². The molecule has 0 fully saturated rings. The number of nitrogens with two attached hydrogens (primary N) is 1. The van der Waals surface area contributed by atoms with E-state index in [2.05, 4.69) is 4.98 Å². The maximum absolute atomic E-state index is 10.5. The molecule has 2 N–H and O–H groups in total. The summed E-state index contributed by atoms with van der Waals surface area (Å²) in [6, 6.07) is -0.726. The first kappa shape index (κ1) is 5.49. The van der Waals surface area contributed by atoms with E-state index >= 15 is 0 Å². The largest absolute Gasteiger partial charge is 0.338 e. The third kappa shape index (κ3) is 1.88. The first-order chi connectivity index (χ1) is 6.15. The van der Waals surface area contributed by atoms with Gasteiger partial charge in [-0.25, -0.2) is 4.98 Å². The van der Waals surface area contributed by atoms with Gasteiger partial charge in [-0.15, -0.1) is 0 Å². The van der Waals surface area contributed by atoms with Crippen LogP contribution in [0.25, 0.3) is 0 Å². The van der Waals surface area contributed by atoms with E-state index < -0.39 is 6.04 Å². The number of hydrogen-bond donors (Lipinski definition) is 1. The van der Waals surface area contributed by atoms with Crippen molar-refractivity contribution in [2.45, 2.75) is 12.5 Å². The average Bonchev–Trinajstić information content (AvgIpc) is 2.46. The van der Waals surface area contributed by atoms with Gasteiger partial charge in [0.05, 0.1) is 12.4 Å². The van der Waals surface area contributed by atoms with Crippen molar-refractivity contribution in [2.75, 3.05) is 0 Å². The predicted octanol–water partition coefficient (Wildman–Crippen LogP) is -0.511. The van der Waals surface area contributed by atoms with E-state index in [4.69, 9.17) is 2.82 Å². The molecule has 1 atom stereocenters. The molecule has 1 aromatic rings. The molecule has 4 nitrogen and oxygen atoms in total. The van der Waals surface area contributed by atoms with Gasteiger partial charge in [0.15, 0.2) is 0 Å². The minimum Gasteiger partial charge on any atom is -0.338 e. The summed E-state index contributed by atoms with van der Waals surface area (Å²) in [5.74, 6) is 0. The fourth-order valence-electron chi connectivity index (χ4n) is 0.844. The summed E-state index contributed by atoms with van der Waals surface area (Å²) in [5, 5.41) is 0. The van der Waals surface area contributed by atoms with Crippen LogP contribution in [-0.4, -0.2) is 21.9 Å². The van der Waals surface area contributed by atoms with Crippen molar-refractivity contribution in [3.8, 4) is 0 Å². The lowest BCUT2D eigenvalue weighted by atomic mass is 10.2. The van der Waals surface area contributed by atoms with Gasteiger partial charge in [0.25, 0.3) is 0 Å². The number of carbonyl (C=O) groups is 1. The zero-order chi connectivity index (χ0) is 9.84. The molecule has 1 heterocycles. The number of carbonyl (C=O) groups excluding carboxylic acids is 1. The Hall–Kier alpha value is -1.16. The monoisotopic (exact) mass is 155 g/mol. The predicted molar refractivity (Wildman–Crippen MR) is 41.0 cm³/mol. The van der Waals surface area contributed by atoms with Crippen molar-refractivity contribution in [1.29, 1.82) is 0 Å². The highest BCUT2D eigenvalue weighted by atomic mass is 16.1. The van der Waals surface area contributed by atoms with Crippen LogP contribution >= 0.6 is 0 Å². The standard InChI is InChI=1S/C7H11N3O/c1-10-5-9-3-7(10)2-6(8)4-11/h3-6H,2,8H2,1H3/t6-/m0/s1/i/hD2. The van der Waals surface area contributed by atoms with Crippen LogP contribution in [0.5, 0.6) is 0 Å². The molecule has 0 spiro atoms. The van der Waals surface area contributed by atoms with Gasteiger partial charge in [0.2, 0.25) is 0 Å². The fourth-order valence-corrected chi connectivity index (χ4v) is 0.844. The van der Waals surface area contributed by atoms with Crippen LogP contribution in [0.3, 0.4) is 0 Å². The summed E-state index contributed by atoms with van der Waals surface area (Å²) in [5.41, 5.74) is 1.24. The van der Waals surface area contributed by atoms with Crippen LogP contribution in [-0.2, 0) is 18.3 Å². The Morgan fingerprint density at radius 2 is 2.91 bits per heavy atom. The van der Waals surface area contributed by atoms with E-state index in [9.17, 15) is 4.79 Å². The summed E-state index contributed by atoms with van der Waals surface area (Å²) >= 11 is 0. The van der Waals surface area contributed by atoms with E-state index in [1.54, 1.807) is 17.1 Å². The van der Waals surface area contributed by atoms with Gasteiger partial charge in [0.1, 0.15) is 9.11 Å². The van der Waals surface area contributed by atoms with Crippen molar-refractivity contribution in [3.63, 3.8) is 0 Å². The molecule has 0 aliphatic rings. The Morgan fingerprint density at radius 1 is 2.09 bits per heavy atom. The van der Waals surface area contributed by atoms with E-state index in [1.807, 2.05) is 7.05 Å². The number of aldehydes is 1. The van der Waals surface area contributed by atoms with E-state index in [0.29, 0.717) is 18.4 Å². The summed E-state index contributed by atoms with van der Waals surface area (Å²) in [6.07, 6.45) is 4.18. The number of rotatable bonds is 4. The lowest BCUT2D eigenvalue weighted by molar-refractivity contribution is -0.108. The van der Waals surface area contributed by atoms with Gasteiger partial charge >= 0.3 is 0 Å². The minimum atomic E-state index is -0.726. The molecular formula is C7H11N3O. The minimum absolute atomic E-state index is 0.340. The fraction of sp³-hybridized carbons (Fsp3) is 0.429. The molecule has 0 aliphatic heterocycles. The van der Waals surface area contributed by atoms with Crippen LogP contribution in [0, 0.1) is 0 Å². The summed E-state index contributed by atoms with van der Waals surface area (Å²) in [4.78, 5) is 14.3. The molecule has 0 bridgehead atoms. The van der Waals surface area contributed by atoms with Gasteiger partial charge in [-0.1, -0.05) is 0 Å². The summed E-state index contributed by atoms with van der Waals surface area (Å²) < 4.78 is 15.7. The van der Waals surface area contributed by atoms with Gasteiger partial charge in [-0.3, -0.25) is 0 Å². The molecule has 0 aromatic carbocycles. The van der Waals surface area contributed by atoms with Gasteiger partial charge in [0, 0.05) is 25.4 Å². The molecule has 60 valence electrons. The normalized spacial score (nSPS) is 15.8. The molecule has 11 heavy (non-hydrogen) atoms. The molecule has 0 saturated heterocycles. The third-order valence-corrected chi connectivity index (χ3v) is 1.49. The number of aromatic nitrogens is 2. The molecule has 0 radical (unpaired) electrons. The van der Waals surface area contributed by atoms with E-state index in [1.165, 1.54) is 0 Å². The topological polar surface area (TPSA) is 60.9 Å². The average molecular weight is 155 g/mol. The maximum Gasteiger partial charge on any atom is 0.137 e. The van der Waals surface area contributed by atoms with E-state index in [-0.39, 0.29) is 0 Å². The number of nitrogens with zero attached hydrogens (tertiary/aromatic N) is 2. The second-order valence-corrected chi connectivity index (χ2v) is 2.40. The molecular weight excluding hydrogens is 142 g/mol. The van der Waals surface area contributed by atoms with Crippen LogP contribution in [0.2, 0.25) is 2.82 Å². The molecule has 1 aromatic heterocycles. The van der Waals surface area contributed by atoms with Crippen molar-refractivity contribution in [2.24, 2.45) is 12.8 Å². The third-order valence-electron chi connectivity index (χ3n) is 1.49. The lowest BCUT2D eigenvalue weighted by Gasteiger charge is -2.03. The van der Waals surface area contributed by atoms with Gasteiger partial charge in [-0.2, -0.15) is 0 Å². The smallest absolute Gasteiger partial charge is 0.137 e. The Morgan fingerprint density at radius 3 is 3.36 bits per heavy atom. The molecule has 0 aliphatic carbocycles. The second kappa shape index (κ2) is 3.30. The van der Waals surface area contributed by atoms with Crippen LogP contribution < -0.4 is 5.72 Å². The maximum atomic E-state index is 10.5. The quantitative estimate of drug-likeness (QED) is 0.596. The highest BCUT2D eigenvalue weighted by molar-refractivity contribution is 5.57. The van der Waals surface area contributed by atoms with Crippen molar-refractivity contribution in [1.82, 2.24) is 9.55 Å². The van der Waals surface area contributed by atoms with Crippen LogP contribution in [0.4, 0.5) is 0 Å². The summed E-state index contributed by atoms with van der Waals surface area (Å²) in [6.45, 7) is 0. The number of aryl methyl sites for hydroxylation is 1. The molecule has 0 amide bonds. The second-order valence-electron chi connectivity index (χ2n) is 2.40. The SMILES string of the molecule is [2H]N([2H])[C@H](C=O)Cc1cncn1C. The van der Waals surface area contributed by atoms with Gasteiger partial charge in [-0.05, 0) is 0 Å². The highest BCUT2D eigenvalue weighted by Crippen LogP contribution is 1.98. The van der Waals surface area contributed by atoms with Crippen molar-refractivity contribution < 1.29 is 7.62 Å². The Kier molecular flexibility index (Phi) is 1.64. The number of imidazole rings is 1. The zero-order valence-corrected chi connectivity index (χ0v) is 6.27. The zero-order valence-electron chi connectivity index (χ0n) is 8.27. The highest BCUT2D eigenvalue weighted by Gasteiger charge is 2.04. The first-order valence-corrected chi connectivity index (χ1v) is 3.32. The van der Waals surface area contributed by atoms with Crippen molar-refractivity contribution >= 4 is 6.29 Å². The molecule has 1 rings (SSSR count). The lowest BCUT2D eigenvalue weighted by Crippen LogP contribution is -2.25. The summed E-state index contributed by atoms with van der Waals surface area (Å²) in [7, 11) is 1.81. The van der Waals surface area contributed by atoms with Gasteiger partial charge < -0.3 is 15.1 Å². The first-order valence-electron chi connectivity index (χ1n) is 4.22. The van der Waals surface area contributed by atoms with Crippen molar-refractivity contribution in [3.05, 3.63) is 18.2 Å². The van der Waals surface area contributed by atoms with Crippen LogP contribution in [0.15, 0.2) is 12.5 Å². The Labute approximate surface area is 68.0 Å². The number of hydrogen-bond acceptors (Lipinski definition) is 3.